The first kappa shape index (κ1) is 14.6. The van der Waals surface area contributed by atoms with Crippen molar-refractivity contribution in [2.75, 3.05) is 0 Å². The van der Waals surface area contributed by atoms with Crippen molar-refractivity contribution in [3.8, 4) is 17.6 Å². The van der Waals surface area contributed by atoms with Crippen LogP contribution in [0.5, 0.6) is 5.75 Å². The van der Waals surface area contributed by atoms with Crippen LogP contribution in [-0.4, -0.2) is 5.11 Å². The molecule has 1 rings (SSSR count). The highest BCUT2D eigenvalue weighted by atomic mass is 16.3. The van der Waals surface area contributed by atoms with Crippen LogP contribution in [0.1, 0.15) is 65.2 Å². The van der Waals surface area contributed by atoms with Crippen molar-refractivity contribution < 1.29 is 5.11 Å². The molecule has 0 aliphatic heterocycles. The lowest BCUT2D eigenvalue weighted by Crippen LogP contribution is -2.17. The van der Waals surface area contributed by atoms with E-state index in [2.05, 4.69) is 53.4 Å². The lowest BCUT2D eigenvalue weighted by atomic mass is 9.78. The minimum absolute atomic E-state index is 0.0878. The van der Waals surface area contributed by atoms with Crippen molar-refractivity contribution >= 4 is 0 Å². The summed E-state index contributed by atoms with van der Waals surface area (Å²) in [5.41, 5.74) is 2.73. The van der Waals surface area contributed by atoms with Gasteiger partial charge in [-0.05, 0) is 29.9 Å². The molecule has 98 valence electrons. The van der Waals surface area contributed by atoms with Gasteiger partial charge in [0.05, 0.1) is 0 Å². The molecule has 1 aromatic rings. The van der Waals surface area contributed by atoms with Crippen molar-refractivity contribution in [1.29, 1.82) is 0 Å². The summed E-state index contributed by atoms with van der Waals surface area (Å²) < 4.78 is 0. The van der Waals surface area contributed by atoms with Crippen molar-refractivity contribution in [3.63, 3.8) is 0 Å². The molecule has 0 aliphatic carbocycles. The van der Waals surface area contributed by atoms with E-state index in [0.29, 0.717) is 5.75 Å². The van der Waals surface area contributed by atoms with Crippen LogP contribution in [0, 0.1) is 11.8 Å². The molecule has 0 bridgehead atoms. The predicted octanol–water partition coefficient (Wildman–Crippen LogP) is 4.36. The second kappa shape index (κ2) is 4.69. The van der Waals surface area contributed by atoms with Gasteiger partial charge in [-0.25, -0.2) is 0 Å². The molecule has 0 aromatic heterocycles. The van der Waals surface area contributed by atoms with Gasteiger partial charge in [0, 0.05) is 16.7 Å². The Morgan fingerprint density at radius 3 is 1.56 bits per heavy atom. The maximum absolute atomic E-state index is 10.5. The van der Waals surface area contributed by atoms with E-state index in [1.165, 1.54) is 0 Å². The highest BCUT2D eigenvalue weighted by molar-refractivity contribution is 5.53. The molecule has 0 radical (unpaired) electrons. The van der Waals surface area contributed by atoms with E-state index in [0.717, 1.165) is 16.7 Å². The lowest BCUT2D eigenvalue weighted by molar-refractivity contribution is 0.423. The average molecular weight is 244 g/mol. The number of rotatable bonds is 0. The molecule has 1 N–H and O–H groups in total. The van der Waals surface area contributed by atoms with Crippen molar-refractivity contribution in [2.45, 2.75) is 59.3 Å². The molecule has 0 atom stereocenters. The second-order valence-corrected chi connectivity index (χ2v) is 6.79. The van der Waals surface area contributed by atoms with Gasteiger partial charge in [-0.2, -0.15) is 0 Å². The van der Waals surface area contributed by atoms with E-state index in [9.17, 15) is 5.11 Å². The van der Waals surface area contributed by atoms with Gasteiger partial charge >= 0.3 is 0 Å². The number of hydrogen-bond donors (Lipinski definition) is 1. The third-order valence-electron chi connectivity index (χ3n) is 3.00. The molecule has 0 spiro atoms. The van der Waals surface area contributed by atoms with E-state index in [1.54, 1.807) is 0 Å². The SMILES string of the molecule is CC#Cc1cc(C(C)(C)C)c(O)c(C(C)(C)C)c1. The molecular formula is C17H24O. The molecule has 1 nitrogen and oxygen atoms in total. The Labute approximate surface area is 111 Å². The summed E-state index contributed by atoms with van der Waals surface area (Å²) in [5.74, 6) is 6.44. The molecule has 0 aliphatic rings. The first-order valence-electron chi connectivity index (χ1n) is 6.38. The predicted molar refractivity (Wildman–Crippen MR) is 78.1 cm³/mol. The second-order valence-electron chi connectivity index (χ2n) is 6.79. The Bertz CT molecular complexity index is 464. The Morgan fingerprint density at radius 1 is 0.889 bits per heavy atom. The number of phenols is 1. The zero-order valence-corrected chi connectivity index (χ0v) is 12.6. The van der Waals surface area contributed by atoms with Gasteiger partial charge in [-0.1, -0.05) is 47.5 Å². The fourth-order valence-corrected chi connectivity index (χ4v) is 1.99. The van der Waals surface area contributed by atoms with Crippen molar-refractivity contribution in [2.24, 2.45) is 0 Å². The first-order chi connectivity index (χ1) is 8.07. The lowest BCUT2D eigenvalue weighted by Gasteiger charge is -2.27. The molecule has 0 saturated heterocycles. The van der Waals surface area contributed by atoms with E-state index in [1.807, 2.05) is 19.1 Å². The fraction of sp³-hybridized carbons (Fsp3) is 0.529. The molecule has 0 unspecified atom stereocenters. The minimum Gasteiger partial charge on any atom is -0.507 e. The summed E-state index contributed by atoms with van der Waals surface area (Å²) in [5, 5.41) is 10.5. The third-order valence-corrected chi connectivity index (χ3v) is 3.00. The van der Waals surface area contributed by atoms with Gasteiger partial charge in [0.25, 0.3) is 0 Å². The average Bonchev–Trinajstić information content (AvgIpc) is 2.17. The highest BCUT2D eigenvalue weighted by Gasteiger charge is 2.26. The van der Waals surface area contributed by atoms with Gasteiger partial charge in [-0.15, -0.1) is 5.92 Å². The summed E-state index contributed by atoms with van der Waals surface area (Å²) in [6.07, 6.45) is 0. The summed E-state index contributed by atoms with van der Waals surface area (Å²) in [6, 6.07) is 4.00. The topological polar surface area (TPSA) is 20.2 Å². The quantitative estimate of drug-likeness (QED) is 0.672. The van der Waals surface area contributed by atoms with Crippen LogP contribution < -0.4 is 0 Å². The van der Waals surface area contributed by atoms with Gasteiger partial charge < -0.3 is 5.11 Å². The summed E-state index contributed by atoms with van der Waals surface area (Å²) in [7, 11) is 0. The van der Waals surface area contributed by atoms with E-state index in [-0.39, 0.29) is 10.8 Å². The van der Waals surface area contributed by atoms with Crippen LogP contribution in [0.25, 0.3) is 0 Å². The fourth-order valence-electron chi connectivity index (χ4n) is 1.99. The zero-order chi connectivity index (χ0) is 14.1. The Hall–Kier alpha value is -1.42. The first-order valence-corrected chi connectivity index (χ1v) is 6.38. The zero-order valence-electron chi connectivity index (χ0n) is 12.6. The van der Waals surface area contributed by atoms with E-state index < -0.39 is 0 Å². The van der Waals surface area contributed by atoms with E-state index >= 15 is 0 Å². The number of aromatic hydroxyl groups is 1. The number of phenolic OH excluding ortho intramolecular Hbond substituents is 1. The molecular weight excluding hydrogens is 220 g/mol. The van der Waals surface area contributed by atoms with Gasteiger partial charge in [0.1, 0.15) is 5.75 Å². The number of hydrogen-bond acceptors (Lipinski definition) is 1. The maximum Gasteiger partial charge on any atom is 0.123 e. The largest absolute Gasteiger partial charge is 0.507 e. The normalized spacial score (nSPS) is 11.9. The standard InChI is InChI=1S/C17H24O/c1-8-9-12-10-13(16(2,3)4)15(18)14(11-12)17(5,6)7/h10-11,18H,1-7H3. The maximum atomic E-state index is 10.5. The molecule has 0 heterocycles. The van der Waals surface area contributed by atoms with Gasteiger partial charge in [0.15, 0.2) is 0 Å². The van der Waals surface area contributed by atoms with Crippen LogP contribution in [0.4, 0.5) is 0 Å². The highest BCUT2D eigenvalue weighted by Crippen LogP contribution is 2.39. The van der Waals surface area contributed by atoms with Crippen LogP contribution in [0.2, 0.25) is 0 Å². The van der Waals surface area contributed by atoms with Gasteiger partial charge in [-0.3, -0.25) is 0 Å². The van der Waals surface area contributed by atoms with Crippen LogP contribution in [-0.2, 0) is 10.8 Å². The smallest absolute Gasteiger partial charge is 0.123 e. The Kier molecular flexibility index (Phi) is 3.81. The molecule has 18 heavy (non-hydrogen) atoms. The third kappa shape index (κ3) is 3.07. The molecule has 1 heteroatoms. The van der Waals surface area contributed by atoms with Crippen molar-refractivity contribution in [1.82, 2.24) is 0 Å². The van der Waals surface area contributed by atoms with Gasteiger partial charge in [0.2, 0.25) is 0 Å². The molecule has 0 amide bonds. The Morgan fingerprint density at radius 2 is 1.28 bits per heavy atom. The van der Waals surface area contributed by atoms with E-state index in [4.69, 9.17) is 0 Å². The molecule has 0 saturated carbocycles. The summed E-state index contributed by atoms with van der Waals surface area (Å²) >= 11 is 0. The Balaban J connectivity index is 3.62. The van der Waals surface area contributed by atoms with Crippen molar-refractivity contribution in [3.05, 3.63) is 28.8 Å². The van der Waals surface area contributed by atoms with Crippen LogP contribution in [0.3, 0.4) is 0 Å². The van der Waals surface area contributed by atoms with Crippen LogP contribution in [0.15, 0.2) is 12.1 Å². The summed E-state index contributed by atoms with van der Waals surface area (Å²) in [6.45, 7) is 14.5. The molecule has 0 fully saturated rings. The minimum atomic E-state index is -0.0878. The number of benzene rings is 1. The molecule has 1 aromatic carbocycles. The van der Waals surface area contributed by atoms with Crippen LogP contribution >= 0.6 is 0 Å². The monoisotopic (exact) mass is 244 g/mol. The summed E-state index contributed by atoms with van der Waals surface area (Å²) in [4.78, 5) is 0.